The van der Waals surface area contributed by atoms with Gasteiger partial charge in [-0.1, -0.05) is 18.2 Å². The molecule has 1 aromatic heterocycles. The fourth-order valence-corrected chi connectivity index (χ4v) is 2.53. The zero-order valence-electron chi connectivity index (χ0n) is 13.2. The van der Waals surface area contributed by atoms with Gasteiger partial charge in [-0.05, 0) is 25.0 Å². The van der Waals surface area contributed by atoms with Gasteiger partial charge in [0.1, 0.15) is 17.5 Å². The number of anilines is 1. The first-order valence-corrected chi connectivity index (χ1v) is 7.56. The molecule has 0 spiro atoms. The Bertz CT molecular complexity index is 820. The summed E-state index contributed by atoms with van der Waals surface area (Å²) in [4.78, 5) is 20.4. The van der Waals surface area contributed by atoms with Gasteiger partial charge >= 0.3 is 0 Å². The van der Waals surface area contributed by atoms with Crippen molar-refractivity contribution in [2.45, 2.75) is 18.3 Å². The summed E-state index contributed by atoms with van der Waals surface area (Å²) in [6.07, 6.45) is 7.64. The van der Waals surface area contributed by atoms with Gasteiger partial charge in [0.2, 0.25) is 0 Å². The number of amides is 1. The van der Waals surface area contributed by atoms with Crippen molar-refractivity contribution in [3.63, 3.8) is 0 Å². The Labute approximate surface area is 138 Å². The maximum absolute atomic E-state index is 14.0. The first-order chi connectivity index (χ1) is 11.5. The molecule has 0 radical (unpaired) electrons. The van der Waals surface area contributed by atoms with Crippen molar-refractivity contribution in [1.82, 2.24) is 9.55 Å². The highest BCUT2D eigenvalue weighted by Gasteiger charge is 2.52. The summed E-state index contributed by atoms with van der Waals surface area (Å²) >= 11 is 0. The van der Waals surface area contributed by atoms with Crippen LogP contribution >= 0.6 is 0 Å². The summed E-state index contributed by atoms with van der Waals surface area (Å²) in [5.41, 5.74) is 5.30. The minimum atomic E-state index is -0.863. The number of aliphatic imine (C=N–C) groups is 1. The smallest absolute Gasteiger partial charge is 0.258 e. The van der Waals surface area contributed by atoms with Crippen LogP contribution in [0.4, 0.5) is 10.2 Å². The minimum absolute atomic E-state index is 0.0612. The molecule has 24 heavy (non-hydrogen) atoms. The van der Waals surface area contributed by atoms with Crippen LogP contribution in [0.3, 0.4) is 0 Å². The van der Waals surface area contributed by atoms with Gasteiger partial charge < -0.3 is 15.6 Å². The number of rotatable bonds is 5. The van der Waals surface area contributed by atoms with E-state index >= 15 is 0 Å². The quantitative estimate of drug-likeness (QED) is 0.650. The van der Waals surface area contributed by atoms with Crippen LogP contribution in [-0.4, -0.2) is 21.3 Å². The van der Waals surface area contributed by atoms with E-state index in [-0.39, 0.29) is 11.7 Å². The lowest BCUT2D eigenvalue weighted by molar-refractivity contribution is -0.120. The van der Waals surface area contributed by atoms with Gasteiger partial charge in [0.05, 0.1) is 11.7 Å². The third-order valence-electron chi connectivity index (χ3n) is 3.97. The average Bonchev–Trinajstić information content (AvgIpc) is 3.25. The first kappa shape index (κ1) is 15.9. The van der Waals surface area contributed by atoms with E-state index in [0.29, 0.717) is 24.2 Å². The van der Waals surface area contributed by atoms with Gasteiger partial charge in [0.15, 0.2) is 0 Å². The molecule has 0 aliphatic heterocycles. The number of amidine groups is 1. The summed E-state index contributed by atoms with van der Waals surface area (Å²) < 4.78 is 15.7. The monoisotopic (exact) mass is 327 g/mol. The number of hydrogen-bond donors (Lipinski definition) is 2. The molecule has 3 N–H and O–H groups in total. The summed E-state index contributed by atoms with van der Waals surface area (Å²) in [6, 6.07) is 6.30. The summed E-state index contributed by atoms with van der Waals surface area (Å²) in [6.45, 7) is 0. The Kier molecular flexibility index (Phi) is 4.16. The molecule has 124 valence electrons. The molecule has 1 amide bonds. The van der Waals surface area contributed by atoms with Crippen molar-refractivity contribution in [3.05, 3.63) is 60.4 Å². The zero-order valence-corrected chi connectivity index (χ0v) is 13.2. The SMILES string of the molecule is Cn1cnc(N/C=C\C(N)=NC(=O)C2(c3ccccc3F)CC2)c1. The molecule has 1 fully saturated rings. The van der Waals surface area contributed by atoms with Crippen LogP contribution in [-0.2, 0) is 17.3 Å². The molecule has 1 aliphatic rings. The second-order valence-electron chi connectivity index (χ2n) is 5.81. The molecular formula is C17H18FN5O. The van der Waals surface area contributed by atoms with Crippen LogP contribution in [0.25, 0.3) is 0 Å². The van der Waals surface area contributed by atoms with Crippen molar-refractivity contribution in [1.29, 1.82) is 0 Å². The molecule has 1 aliphatic carbocycles. The molecule has 0 atom stereocenters. The van der Waals surface area contributed by atoms with Crippen molar-refractivity contribution in [2.75, 3.05) is 5.32 Å². The van der Waals surface area contributed by atoms with Gasteiger partial charge in [-0.3, -0.25) is 4.79 Å². The highest BCUT2D eigenvalue weighted by Crippen LogP contribution is 2.50. The number of aryl methyl sites for hydroxylation is 1. The lowest BCUT2D eigenvalue weighted by Gasteiger charge is -2.12. The highest BCUT2D eigenvalue weighted by atomic mass is 19.1. The number of nitrogens with two attached hydrogens (primary N) is 1. The van der Waals surface area contributed by atoms with E-state index < -0.39 is 11.3 Å². The van der Waals surface area contributed by atoms with E-state index in [1.807, 2.05) is 7.05 Å². The summed E-state index contributed by atoms with van der Waals surface area (Å²) in [5, 5.41) is 2.92. The predicted molar refractivity (Wildman–Crippen MR) is 89.9 cm³/mol. The Hall–Kier alpha value is -2.96. The Balaban J connectivity index is 1.69. The third kappa shape index (κ3) is 3.19. The number of nitrogens with one attached hydrogen (secondary N) is 1. The topological polar surface area (TPSA) is 85.3 Å². The fourth-order valence-electron chi connectivity index (χ4n) is 2.53. The van der Waals surface area contributed by atoms with E-state index in [4.69, 9.17) is 5.73 Å². The van der Waals surface area contributed by atoms with Gasteiger partial charge in [-0.2, -0.15) is 4.99 Å². The third-order valence-corrected chi connectivity index (χ3v) is 3.97. The van der Waals surface area contributed by atoms with E-state index in [1.165, 1.54) is 12.1 Å². The number of halogens is 1. The second kappa shape index (κ2) is 6.27. The number of benzene rings is 1. The van der Waals surface area contributed by atoms with E-state index in [0.717, 1.165) is 0 Å². The molecule has 0 bridgehead atoms. The number of imidazole rings is 1. The number of aromatic nitrogens is 2. The zero-order chi connectivity index (χ0) is 17.2. The number of carbonyl (C=O) groups is 1. The van der Waals surface area contributed by atoms with Crippen LogP contribution in [0.15, 0.2) is 54.1 Å². The van der Waals surface area contributed by atoms with Gasteiger partial charge in [0, 0.05) is 25.0 Å². The summed E-state index contributed by atoms with van der Waals surface area (Å²) in [5.74, 6) is -0.0824. The van der Waals surface area contributed by atoms with Crippen LogP contribution in [0.5, 0.6) is 0 Å². The van der Waals surface area contributed by atoms with Crippen molar-refractivity contribution >= 4 is 17.6 Å². The molecule has 1 aromatic carbocycles. The maximum atomic E-state index is 14.0. The molecule has 1 saturated carbocycles. The lowest BCUT2D eigenvalue weighted by Crippen LogP contribution is -2.23. The predicted octanol–water partition coefficient (Wildman–Crippen LogP) is 2.10. The van der Waals surface area contributed by atoms with E-state index in [9.17, 15) is 9.18 Å². The molecule has 3 rings (SSSR count). The van der Waals surface area contributed by atoms with E-state index in [1.54, 1.807) is 41.5 Å². The molecule has 2 aromatic rings. The van der Waals surface area contributed by atoms with Crippen molar-refractivity contribution in [3.8, 4) is 0 Å². The van der Waals surface area contributed by atoms with Crippen LogP contribution < -0.4 is 11.1 Å². The van der Waals surface area contributed by atoms with Crippen LogP contribution in [0.2, 0.25) is 0 Å². The second-order valence-corrected chi connectivity index (χ2v) is 5.81. The van der Waals surface area contributed by atoms with Crippen molar-refractivity contribution < 1.29 is 9.18 Å². The Morgan fingerprint density at radius 1 is 1.46 bits per heavy atom. The Morgan fingerprint density at radius 2 is 2.21 bits per heavy atom. The molecule has 1 heterocycles. The highest BCUT2D eigenvalue weighted by molar-refractivity contribution is 6.04. The van der Waals surface area contributed by atoms with Gasteiger partial charge in [-0.25, -0.2) is 9.37 Å². The van der Waals surface area contributed by atoms with Crippen LogP contribution in [0, 0.1) is 5.82 Å². The van der Waals surface area contributed by atoms with Gasteiger partial charge in [0.25, 0.3) is 5.91 Å². The standard InChI is InChI=1S/C17H18FN5O/c1-23-10-15(21-11-23)20-9-6-14(19)22-16(24)17(7-8-17)12-4-2-3-5-13(12)18/h2-6,9-11,20H,7-8H2,1H3,(H2,19,22,24)/b9-6-. The lowest BCUT2D eigenvalue weighted by atomic mass is 9.94. The fraction of sp³-hybridized carbons (Fsp3) is 0.235. The largest absolute Gasteiger partial charge is 0.384 e. The molecule has 0 unspecified atom stereocenters. The molecular weight excluding hydrogens is 309 g/mol. The maximum Gasteiger partial charge on any atom is 0.258 e. The average molecular weight is 327 g/mol. The molecule has 6 nitrogen and oxygen atoms in total. The molecule has 7 heteroatoms. The van der Waals surface area contributed by atoms with Crippen LogP contribution in [0.1, 0.15) is 18.4 Å². The van der Waals surface area contributed by atoms with E-state index in [2.05, 4.69) is 15.3 Å². The number of carbonyl (C=O) groups excluding carboxylic acids is 1. The summed E-state index contributed by atoms with van der Waals surface area (Å²) in [7, 11) is 1.86. The molecule has 0 saturated heterocycles. The minimum Gasteiger partial charge on any atom is -0.384 e. The van der Waals surface area contributed by atoms with Crippen molar-refractivity contribution in [2.24, 2.45) is 17.8 Å². The van der Waals surface area contributed by atoms with Gasteiger partial charge in [-0.15, -0.1) is 0 Å². The first-order valence-electron chi connectivity index (χ1n) is 7.56. The Morgan fingerprint density at radius 3 is 2.83 bits per heavy atom. The number of nitrogens with zero attached hydrogens (tertiary/aromatic N) is 3. The normalized spacial score (nSPS) is 16.3. The number of hydrogen-bond acceptors (Lipinski definition) is 3.